The molecule has 4 nitrogen and oxygen atoms in total. The molecule has 0 fully saturated rings. The fourth-order valence-electron chi connectivity index (χ4n) is 1.69. The molecule has 1 unspecified atom stereocenters. The van der Waals surface area contributed by atoms with Crippen molar-refractivity contribution in [2.75, 3.05) is 20.6 Å². The third kappa shape index (κ3) is 4.09. The second kappa shape index (κ2) is 7.09. The van der Waals surface area contributed by atoms with Gasteiger partial charge in [-0.25, -0.2) is 8.78 Å². The minimum atomic E-state index is -1.05. The number of carbonyl (C=O) groups excluding carboxylic acids is 2. The first-order valence-corrected chi connectivity index (χ1v) is 6.27. The SMILES string of the molecule is CNC(=O)CCN(C)C(C)C(=O)c1ccc(F)c(F)c1. The predicted molar refractivity (Wildman–Crippen MR) is 71.5 cm³/mol. The van der Waals surface area contributed by atoms with Crippen LogP contribution in [0.2, 0.25) is 0 Å². The minimum Gasteiger partial charge on any atom is -0.359 e. The van der Waals surface area contributed by atoms with Crippen molar-refractivity contribution < 1.29 is 18.4 Å². The molecule has 6 heteroatoms. The fraction of sp³-hybridized carbons (Fsp3) is 0.429. The van der Waals surface area contributed by atoms with Crippen molar-refractivity contribution in [3.8, 4) is 0 Å². The molecule has 0 saturated heterocycles. The topological polar surface area (TPSA) is 49.4 Å². The normalized spacial score (nSPS) is 12.3. The molecule has 0 aliphatic heterocycles. The van der Waals surface area contributed by atoms with Crippen LogP contribution >= 0.6 is 0 Å². The molecule has 0 radical (unpaired) electrons. The van der Waals surface area contributed by atoms with Gasteiger partial charge in [0.15, 0.2) is 17.4 Å². The van der Waals surface area contributed by atoms with Crippen LogP contribution in [-0.2, 0) is 4.79 Å². The third-order valence-electron chi connectivity index (χ3n) is 3.22. The number of rotatable bonds is 6. The molecule has 0 bridgehead atoms. The van der Waals surface area contributed by atoms with E-state index in [1.165, 1.54) is 13.1 Å². The summed E-state index contributed by atoms with van der Waals surface area (Å²) in [4.78, 5) is 25.0. The summed E-state index contributed by atoms with van der Waals surface area (Å²) in [6.45, 7) is 2.06. The lowest BCUT2D eigenvalue weighted by Crippen LogP contribution is -2.38. The van der Waals surface area contributed by atoms with Crippen LogP contribution < -0.4 is 5.32 Å². The zero-order chi connectivity index (χ0) is 15.3. The number of hydrogen-bond acceptors (Lipinski definition) is 3. The van der Waals surface area contributed by atoms with Crippen LogP contribution in [0.5, 0.6) is 0 Å². The Morgan fingerprint density at radius 2 is 1.95 bits per heavy atom. The Kier molecular flexibility index (Phi) is 5.76. The number of carbonyl (C=O) groups is 2. The standard InChI is InChI=1S/C14H18F2N2O2/c1-9(18(3)7-6-13(19)17-2)14(20)10-4-5-11(15)12(16)8-10/h4-5,8-9H,6-7H2,1-3H3,(H,17,19). The molecule has 0 aliphatic carbocycles. The zero-order valence-electron chi connectivity index (χ0n) is 11.7. The van der Waals surface area contributed by atoms with Crippen LogP contribution in [0.4, 0.5) is 8.78 Å². The third-order valence-corrected chi connectivity index (χ3v) is 3.22. The summed E-state index contributed by atoms with van der Waals surface area (Å²) in [5.41, 5.74) is 0.114. The summed E-state index contributed by atoms with van der Waals surface area (Å²) in [6, 6.07) is 2.55. The molecule has 20 heavy (non-hydrogen) atoms. The Hall–Kier alpha value is -1.82. The van der Waals surface area contributed by atoms with Gasteiger partial charge in [-0.1, -0.05) is 0 Å². The Labute approximate surface area is 116 Å². The van der Waals surface area contributed by atoms with Crippen molar-refractivity contribution in [1.82, 2.24) is 10.2 Å². The highest BCUT2D eigenvalue weighted by Gasteiger charge is 2.21. The molecule has 110 valence electrons. The van der Waals surface area contributed by atoms with Crippen molar-refractivity contribution >= 4 is 11.7 Å². The summed E-state index contributed by atoms with van der Waals surface area (Å²) in [6.07, 6.45) is 0.266. The Balaban J connectivity index is 2.70. The van der Waals surface area contributed by atoms with Gasteiger partial charge in [0.25, 0.3) is 0 Å². The Morgan fingerprint density at radius 3 is 2.50 bits per heavy atom. The van der Waals surface area contributed by atoms with Gasteiger partial charge in [-0.15, -0.1) is 0 Å². The molecule has 0 aromatic heterocycles. The summed E-state index contributed by atoms with van der Waals surface area (Å²) in [5.74, 6) is -2.47. The molecule has 1 N–H and O–H groups in total. The molecule has 1 amide bonds. The number of Topliss-reactive ketones (excluding diaryl/α,β-unsaturated/α-hetero) is 1. The van der Waals surface area contributed by atoms with Crippen molar-refractivity contribution in [3.05, 3.63) is 35.4 Å². The van der Waals surface area contributed by atoms with Crippen LogP contribution in [0, 0.1) is 11.6 Å². The van der Waals surface area contributed by atoms with E-state index >= 15 is 0 Å². The number of hydrogen-bond donors (Lipinski definition) is 1. The van der Waals surface area contributed by atoms with Crippen LogP contribution in [0.3, 0.4) is 0 Å². The summed E-state index contributed by atoms with van der Waals surface area (Å²) in [5, 5.41) is 2.49. The highest BCUT2D eigenvalue weighted by molar-refractivity contribution is 5.99. The zero-order valence-corrected chi connectivity index (χ0v) is 11.7. The van der Waals surface area contributed by atoms with Gasteiger partial charge < -0.3 is 5.32 Å². The molecule has 0 spiro atoms. The van der Waals surface area contributed by atoms with E-state index in [9.17, 15) is 18.4 Å². The van der Waals surface area contributed by atoms with Crippen LogP contribution in [-0.4, -0.2) is 43.3 Å². The first kappa shape index (κ1) is 16.2. The number of halogens is 2. The number of benzene rings is 1. The van der Waals surface area contributed by atoms with Crippen molar-refractivity contribution in [2.45, 2.75) is 19.4 Å². The van der Waals surface area contributed by atoms with Crippen molar-refractivity contribution in [3.63, 3.8) is 0 Å². The van der Waals surface area contributed by atoms with Crippen LogP contribution in [0.1, 0.15) is 23.7 Å². The summed E-state index contributed by atoms with van der Waals surface area (Å²) >= 11 is 0. The highest BCUT2D eigenvalue weighted by Crippen LogP contribution is 2.12. The average molecular weight is 284 g/mol. The molecule has 1 atom stereocenters. The van der Waals surface area contributed by atoms with E-state index < -0.39 is 17.7 Å². The smallest absolute Gasteiger partial charge is 0.221 e. The van der Waals surface area contributed by atoms with Gasteiger partial charge in [-0.3, -0.25) is 14.5 Å². The van der Waals surface area contributed by atoms with Gasteiger partial charge in [0.1, 0.15) is 0 Å². The van der Waals surface area contributed by atoms with E-state index in [1.807, 2.05) is 0 Å². The average Bonchev–Trinajstić information content (AvgIpc) is 2.45. The fourth-order valence-corrected chi connectivity index (χ4v) is 1.69. The molecular weight excluding hydrogens is 266 g/mol. The van der Waals surface area contributed by atoms with Gasteiger partial charge >= 0.3 is 0 Å². The van der Waals surface area contributed by atoms with Gasteiger partial charge in [0.05, 0.1) is 6.04 Å². The van der Waals surface area contributed by atoms with Crippen LogP contribution in [0.25, 0.3) is 0 Å². The first-order chi connectivity index (χ1) is 9.36. The maximum atomic E-state index is 13.1. The molecule has 0 saturated carbocycles. The second-order valence-corrected chi connectivity index (χ2v) is 4.57. The van der Waals surface area contributed by atoms with Crippen molar-refractivity contribution in [2.24, 2.45) is 0 Å². The Bertz CT molecular complexity index is 506. The number of likely N-dealkylation sites (N-methyl/N-ethyl adjacent to an activating group) is 1. The van der Waals surface area contributed by atoms with E-state index in [-0.39, 0.29) is 23.7 Å². The lowest BCUT2D eigenvalue weighted by Gasteiger charge is -2.23. The number of nitrogens with zero attached hydrogens (tertiary/aromatic N) is 1. The summed E-state index contributed by atoms with van der Waals surface area (Å²) < 4.78 is 25.9. The largest absolute Gasteiger partial charge is 0.359 e. The minimum absolute atomic E-state index is 0.114. The van der Waals surface area contributed by atoms with E-state index in [1.54, 1.807) is 18.9 Å². The van der Waals surface area contributed by atoms with E-state index in [4.69, 9.17) is 0 Å². The van der Waals surface area contributed by atoms with Gasteiger partial charge in [-0.05, 0) is 32.2 Å². The van der Waals surface area contributed by atoms with Crippen LogP contribution in [0.15, 0.2) is 18.2 Å². The van der Waals surface area contributed by atoms with Gasteiger partial charge in [0.2, 0.25) is 5.91 Å². The molecule has 0 aliphatic rings. The maximum Gasteiger partial charge on any atom is 0.221 e. The molecule has 1 aromatic rings. The maximum absolute atomic E-state index is 13.1. The predicted octanol–water partition coefficient (Wildman–Crippen LogP) is 1.60. The number of amides is 1. The van der Waals surface area contributed by atoms with E-state index in [0.29, 0.717) is 6.54 Å². The summed E-state index contributed by atoms with van der Waals surface area (Å²) in [7, 11) is 3.24. The number of ketones is 1. The second-order valence-electron chi connectivity index (χ2n) is 4.57. The molecular formula is C14H18F2N2O2. The Morgan fingerprint density at radius 1 is 1.30 bits per heavy atom. The number of nitrogens with one attached hydrogen (secondary N) is 1. The van der Waals surface area contributed by atoms with E-state index in [2.05, 4.69) is 5.32 Å². The van der Waals surface area contributed by atoms with E-state index in [0.717, 1.165) is 12.1 Å². The molecule has 0 heterocycles. The van der Waals surface area contributed by atoms with Crippen molar-refractivity contribution in [1.29, 1.82) is 0 Å². The van der Waals surface area contributed by atoms with Gasteiger partial charge in [0, 0.05) is 25.6 Å². The lowest BCUT2D eigenvalue weighted by molar-refractivity contribution is -0.120. The molecule has 1 rings (SSSR count). The first-order valence-electron chi connectivity index (χ1n) is 6.27. The monoisotopic (exact) mass is 284 g/mol. The quantitative estimate of drug-likeness (QED) is 0.807. The van der Waals surface area contributed by atoms with Gasteiger partial charge in [-0.2, -0.15) is 0 Å². The molecule has 1 aromatic carbocycles. The lowest BCUT2D eigenvalue weighted by atomic mass is 10.0. The highest BCUT2D eigenvalue weighted by atomic mass is 19.2.